The third-order valence-electron chi connectivity index (χ3n) is 2.74. The van der Waals surface area contributed by atoms with E-state index in [9.17, 15) is 13.2 Å². The van der Waals surface area contributed by atoms with Crippen molar-refractivity contribution in [3.8, 4) is 0 Å². The van der Waals surface area contributed by atoms with E-state index in [4.69, 9.17) is 9.26 Å². The molecule has 1 N–H and O–H groups in total. The number of esters is 1. The Morgan fingerprint density at radius 2 is 1.88 bits per heavy atom. The van der Waals surface area contributed by atoms with Crippen molar-refractivity contribution in [2.24, 2.45) is 0 Å². The van der Waals surface area contributed by atoms with Gasteiger partial charge in [0.05, 0.1) is 10.5 Å². The molecule has 1 aromatic heterocycles. The summed E-state index contributed by atoms with van der Waals surface area (Å²) in [7, 11) is -3.65. The second-order valence-electron chi connectivity index (χ2n) is 6.19. The number of aryl methyl sites for hydroxylation is 1. The van der Waals surface area contributed by atoms with Crippen LogP contribution in [0, 0.1) is 6.92 Å². The average Bonchev–Trinajstić information content (AvgIpc) is 2.88. The Bertz CT molecular complexity index is 820. The van der Waals surface area contributed by atoms with Crippen molar-refractivity contribution in [1.82, 2.24) is 14.9 Å². The molecule has 24 heavy (non-hydrogen) atoms. The highest BCUT2D eigenvalue weighted by Gasteiger charge is 2.22. The molecule has 0 aliphatic heterocycles. The van der Waals surface area contributed by atoms with Crippen LogP contribution in [0.1, 0.15) is 42.8 Å². The highest BCUT2D eigenvalue weighted by molar-refractivity contribution is 7.89. The fourth-order valence-electron chi connectivity index (χ4n) is 1.84. The molecule has 1 aromatic carbocycles. The predicted octanol–water partition coefficient (Wildman–Crippen LogP) is 1.81. The zero-order valence-electron chi connectivity index (χ0n) is 13.9. The number of benzene rings is 1. The van der Waals surface area contributed by atoms with Crippen LogP contribution in [-0.4, -0.2) is 30.1 Å². The van der Waals surface area contributed by atoms with Gasteiger partial charge in [0.2, 0.25) is 10.0 Å². The normalized spacial score (nSPS) is 12.2. The first-order valence-electron chi connectivity index (χ1n) is 7.17. The molecule has 0 atom stereocenters. The van der Waals surface area contributed by atoms with Gasteiger partial charge in [-0.15, -0.1) is 0 Å². The van der Waals surface area contributed by atoms with Crippen molar-refractivity contribution in [3.63, 3.8) is 0 Å². The van der Waals surface area contributed by atoms with Gasteiger partial charge in [0, 0.05) is 5.54 Å². The number of aromatic nitrogens is 2. The third-order valence-corrected chi connectivity index (χ3v) is 4.51. The number of sulfonamides is 1. The van der Waals surface area contributed by atoms with Crippen molar-refractivity contribution < 1.29 is 22.5 Å². The van der Waals surface area contributed by atoms with Gasteiger partial charge in [-0.1, -0.05) is 5.16 Å². The Morgan fingerprint density at radius 1 is 1.25 bits per heavy atom. The standard InChI is InChI=1S/C15H19N3O5S/c1-10-16-13(23-17-10)9-22-14(19)11-5-7-12(8-6-11)24(20,21)18-15(2,3)4/h5-8,18H,9H2,1-4H3. The van der Waals surface area contributed by atoms with Crippen molar-refractivity contribution in [2.45, 2.75) is 44.7 Å². The van der Waals surface area contributed by atoms with E-state index in [0.29, 0.717) is 5.82 Å². The van der Waals surface area contributed by atoms with Gasteiger partial charge in [-0.2, -0.15) is 4.98 Å². The monoisotopic (exact) mass is 353 g/mol. The quantitative estimate of drug-likeness (QED) is 0.816. The summed E-state index contributed by atoms with van der Waals surface area (Å²) in [5.41, 5.74) is -0.375. The van der Waals surface area contributed by atoms with Crippen LogP contribution in [0.15, 0.2) is 33.7 Å². The van der Waals surface area contributed by atoms with Crippen LogP contribution in [0.2, 0.25) is 0 Å². The van der Waals surface area contributed by atoms with Crippen LogP contribution >= 0.6 is 0 Å². The molecule has 0 spiro atoms. The Kier molecular flexibility index (Phi) is 5.05. The summed E-state index contributed by atoms with van der Waals surface area (Å²) in [6.45, 7) is 6.74. The molecule has 1 heterocycles. The molecule has 9 heteroatoms. The van der Waals surface area contributed by atoms with E-state index in [-0.39, 0.29) is 23.0 Å². The molecule has 2 rings (SSSR count). The molecule has 8 nitrogen and oxygen atoms in total. The first-order chi connectivity index (χ1) is 11.1. The van der Waals surface area contributed by atoms with Gasteiger partial charge < -0.3 is 9.26 Å². The summed E-state index contributed by atoms with van der Waals surface area (Å²) < 4.78 is 36.8. The average molecular weight is 353 g/mol. The minimum atomic E-state index is -3.65. The highest BCUT2D eigenvalue weighted by atomic mass is 32.2. The van der Waals surface area contributed by atoms with E-state index in [2.05, 4.69) is 14.9 Å². The summed E-state index contributed by atoms with van der Waals surface area (Å²) in [4.78, 5) is 15.9. The Balaban J connectivity index is 2.04. The van der Waals surface area contributed by atoms with Gasteiger partial charge in [-0.3, -0.25) is 0 Å². The first-order valence-corrected chi connectivity index (χ1v) is 8.65. The van der Waals surface area contributed by atoms with Gasteiger partial charge >= 0.3 is 5.97 Å². The first kappa shape index (κ1) is 18.1. The topological polar surface area (TPSA) is 111 Å². The lowest BCUT2D eigenvalue weighted by Gasteiger charge is -2.20. The second-order valence-corrected chi connectivity index (χ2v) is 7.87. The Morgan fingerprint density at radius 3 is 2.38 bits per heavy atom. The van der Waals surface area contributed by atoms with E-state index >= 15 is 0 Å². The lowest BCUT2D eigenvalue weighted by atomic mass is 10.1. The Labute approximate surface area is 140 Å². The van der Waals surface area contributed by atoms with Crippen LogP contribution in [-0.2, 0) is 21.4 Å². The molecule has 0 radical (unpaired) electrons. The Hall–Kier alpha value is -2.26. The van der Waals surface area contributed by atoms with Crippen molar-refractivity contribution >= 4 is 16.0 Å². The van der Waals surface area contributed by atoms with Gasteiger partial charge in [-0.05, 0) is 52.0 Å². The summed E-state index contributed by atoms with van der Waals surface area (Å²) >= 11 is 0. The zero-order chi connectivity index (χ0) is 18.0. The molecule has 130 valence electrons. The van der Waals surface area contributed by atoms with Crippen LogP contribution in [0.4, 0.5) is 0 Å². The summed E-state index contributed by atoms with van der Waals surface area (Å²) in [5, 5.41) is 3.58. The number of ether oxygens (including phenoxy) is 1. The fraction of sp³-hybridized carbons (Fsp3) is 0.400. The molecular formula is C15H19N3O5S. The van der Waals surface area contributed by atoms with Crippen molar-refractivity contribution in [1.29, 1.82) is 0 Å². The van der Waals surface area contributed by atoms with Gasteiger partial charge in [0.1, 0.15) is 0 Å². The van der Waals surface area contributed by atoms with E-state index in [0.717, 1.165) is 0 Å². The summed E-state index contributed by atoms with van der Waals surface area (Å²) in [6, 6.07) is 5.47. The second kappa shape index (κ2) is 6.70. The van der Waals surface area contributed by atoms with E-state index < -0.39 is 21.5 Å². The maximum Gasteiger partial charge on any atom is 0.338 e. The van der Waals surface area contributed by atoms with E-state index in [1.54, 1.807) is 27.7 Å². The number of hydrogen-bond acceptors (Lipinski definition) is 7. The molecule has 0 fully saturated rings. The van der Waals surface area contributed by atoms with Crippen molar-refractivity contribution in [3.05, 3.63) is 41.5 Å². The van der Waals surface area contributed by atoms with Crippen LogP contribution < -0.4 is 4.72 Å². The lowest BCUT2D eigenvalue weighted by Crippen LogP contribution is -2.40. The van der Waals surface area contributed by atoms with E-state index in [1.165, 1.54) is 24.3 Å². The number of nitrogens with zero attached hydrogens (tertiary/aromatic N) is 2. The van der Waals surface area contributed by atoms with Gasteiger partial charge in [0.15, 0.2) is 12.4 Å². The van der Waals surface area contributed by atoms with Gasteiger partial charge in [0.25, 0.3) is 5.89 Å². The molecular weight excluding hydrogens is 334 g/mol. The highest BCUT2D eigenvalue weighted by Crippen LogP contribution is 2.14. The lowest BCUT2D eigenvalue weighted by molar-refractivity contribution is 0.0429. The molecule has 0 aliphatic rings. The molecule has 2 aromatic rings. The third kappa shape index (κ3) is 4.87. The number of nitrogens with one attached hydrogen (secondary N) is 1. The molecule has 0 unspecified atom stereocenters. The van der Waals surface area contributed by atoms with Crippen LogP contribution in [0.25, 0.3) is 0 Å². The predicted molar refractivity (Wildman–Crippen MR) is 84.7 cm³/mol. The smallest absolute Gasteiger partial charge is 0.338 e. The number of hydrogen-bond donors (Lipinski definition) is 1. The molecule has 0 amide bonds. The molecule has 0 saturated heterocycles. The molecule has 0 bridgehead atoms. The minimum absolute atomic E-state index is 0.0708. The maximum atomic E-state index is 12.2. The molecule has 0 saturated carbocycles. The van der Waals surface area contributed by atoms with Crippen molar-refractivity contribution in [2.75, 3.05) is 0 Å². The number of rotatable bonds is 5. The fourth-order valence-corrected chi connectivity index (χ4v) is 3.26. The van der Waals surface area contributed by atoms with Crippen LogP contribution in [0.5, 0.6) is 0 Å². The SMILES string of the molecule is Cc1noc(COC(=O)c2ccc(S(=O)(=O)NC(C)(C)C)cc2)n1. The minimum Gasteiger partial charge on any atom is -0.452 e. The summed E-state index contributed by atoms with van der Waals surface area (Å²) in [5.74, 6) is 0.0231. The van der Waals surface area contributed by atoms with E-state index in [1.807, 2.05) is 0 Å². The summed E-state index contributed by atoms with van der Waals surface area (Å²) in [6.07, 6.45) is 0. The van der Waals surface area contributed by atoms with Gasteiger partial charge in [-0.25, -0.2) is 17.9 Å². The number of carbonyl (C=O) groups is 1. The molecule has 0 aliphatic carbocycles. The maximum absolute atomic E-state index is 12.2. The van der Waals surface area contributed by atoms with Crippen LogP contribution in [0.3, 0.4) is 0 Å². The largest absolute Gasteiger partial charge is 0.452 e. The number of carbonyl (C=O) groups excluding carboxylic acids is 1. The zero-order valence-corrected chi connectivity index (χ0v) is 14.7.